The normalized spacial score (nSPS) is 15.9. The molecule has 35 heavy (non-hydrogen) atoms. The lowest BCUT2D eigenvalue weighted by atomic mass is 9.96. The third-order valence-electron chi connectivity index (χ3n) is 6.54. The van der Waals surface area contributed by atoms with Crippen molar-refractivity contribution >= 4 is 23.1 Å². The maximum atomic E-state index is 13.3. The minimum atomic E-state index is -4.23. The number of halogens is 3. The number of para-hydroxylation sites is 1. The zero-order valence-corrected chi connectivity index (χ0v) is 19.7. The first kappa shape index (κ1) is 24.6. The molecule has 3 aromatic rings. The average Bonchev–Trinajstić information content (AvgIpc) is 2.81. The summed E-state index contributed by atoms with van der Waals surface area (Å²) in [6.45, 7) is 5.65. The van der Waals surface area contributed by atoms with Crippen molar-refractivity contribution in [3.05, 3.63) is 69.1 Å². The number of nitrogens with one attached hydrogen (secondary N) is 1. The van der Waals surface area contributed by atoms with Crippen LogP contribution in [0.3, 0.4) is 0 Å². The van der Waals surface area contributed by atoms with Crippen LogP contribution in [0.15, 0.2) is 41.3 Å². The summed E-state index contributed by atoms with van der Waals surface area (Å²) in [5.74, 6) is -2.03. The molecule has 1 saturated heterocycles. The summed E-state index contributed by atoms with van der Waals surface area (Å²) in [7, 11) is 0. The Morgan fingerprint density at radius 1 is 1.20 bits per heavy atom. The number of carboxylic acid groups (broad SMARTS) is 1. The van der Waals surface area contributed by atoms with Gasteiger partial charge in [0.1, 0.15) is 11.5 Å². The molecule has 7 nitrogen and oxygen atoms in total. The van der Waals surface area contributed by atoms with Crippen molar-refractivity contribution in [1.82, 2.24) is 9.38 Å². The number of aromatic nitrogens is 2. The molecular formula is C25H27F3N4O3. The highest BCUT2D eigenvalue weighted by Gasteiger charge is 2.41. The fraction of sp³-hybridized carbons (Fsp3) is 0.400. The third-order valence-corrected chi connectivity index (χ3v) is 6.54. The van der Waals surface area contributed by atoms with Crippen molar-refractivity contribution in [3.8, 4) is 0 Å². The first-order chi connectivity index (χ1) is 16.5. The van der Waals surface area contributed by atoms with E-state index in [0.717, 1.165) is 5.56 Å². The Balaban J connectivity index is 1.75. The van der Waals surface area contributed by atoms with Crippen molar-refractivity contribution in [1.29, 1.82) is 0 Å². The molecule has 0 bridgehead atoms. The number of aromatic carboxylic acids is 1. The van der Waals surface area contributed by atoms with E-state index in [-0.39, 0.29) is 37.1 Å². The molecule has 2 N–H and O–H groups in total. The topological polar surface area (TPSA) is 86.9 Å². The molecule has 1 aromatic carbocycles. The van der Waals surface area contributed by atoms with Gasteiger partial charge in [0.2, 0.25) is 0 Å². The molecule has 3 heterocycles. The van der Waals surface area contributed by atoms with E-state index >= 15 is 0 Å². The Labute approximate surface area is 200 Å². The van der Waals surface area contributed by atoms with Gasteiger partial charge >= 0.3 is 12.1 Å². The lowest BCUT2D eigenvalue weighted by molar-refractivity contribution is -0.179. The fourth-order valence-electron chi connectivity index (χ4n) is 4.64. The van der Waals surface area contributed by atoms with Crippen molar-refractivity contribution < 1.29 is 23.1 Å². The van der Waals surface area contributed by atoms with E-state index in [0.29, 0.717) is 28.3 Å². The van der Waals surface area contributed by atoms with Gasteiger partial charge in [0.05, 0.1) is 23.1 Å². The van der Waals surface area contributed by atoms with Gasteiger partial charge in [-0.3, -0.25) is 9.20 Å². The number of hydrogen-bond donors (Lipinski definition) is 2. The molecule has 0 unspecified atom stereocenters. The summed E-state index contributed by atoms with van der Waals surface area (Å²) in [5, 5.41) is 12.7. The number of fused-ring (bicyclic) bond motifs is 1. The number of carboxylic acids is 1. The third kappa shape index (κ3) is 4.82. The highest BCUT2D eigenvalue weighted by atomic mass is 19.4. The minimum Gasteiger partial charge on any atom is -0.478 e. The largest absolute Gasteiger partial charge is 0.478 e. The van der Waals surface area contributed by atoms with Crippen LogP contribution in [0.4, 0.5) is 24.7 Å². The van der Waals surface area contributed by atoms with Gasteiger partial charge in [-0.05, 0) is 57.4 Å². The highest BCUT2D eigenvalue weighted by molar-refractivity contribution is 5.94. The zero-order chi connectivity index (χ0) is 25.5. The smallest absolute Gasteiger partial charge is 0.391 e. The van der Waals surface area contributed by atoms with Gasteiger partial charge in [0, 0.05) is 30.5 Å². The van der Waals surface area contributed by atoms with E-state index in [1.54, 1.807) is 36.2 Å². The van der Waals surface area contributed by atoms with E-state index < -0.39 is 24.1 Å². The second-order valence-electron chi connectivity index (χ2n) is 9.05. The summed E-state index contributed by atoms with van der Waals surface area (Å²) < 4.78 is 40.8. The number of rotatable bonds is 5. The molecule has 0 amide bonds. The molecule has 1 aliphatic rings. The molecule has 10 heteroatoms. The number of benzene rings is 1. The Hall–Kier alpha value is -3.56. The second-order valence-corrected chi connectivity index (χ2v) is 9.05. The summed E-state index contributed by atoms with van der Waals surface area (Å²) in [6, 6.07) is 7.99. The van der Waals surface area contributed by atoms with Gasteiger partial charge in [-0.25, -0.2) is 9.78 Å². The molecule has 0 aliphatic carbocycles. The molecule has 1 fully saturated rings. The van der Waals surface area contributed by atoms with Crippen LogP contribution in [-0.2, 0) is 0 Å². The van der Waals surface area contributed by atoms with Gasteiger partial charge in [-0.1, -0.05) is 12.1 Å². The lowest BCUT2D eigenvalue weighted by Crippen LogP contribution is -2.40. The Morgan fingerprint density at radius 3 is 2.49 bits per heavy atom. The number of carbonyl (C=O) groups is 1. The molecule has 4 rings (SSSR count). The van der Waals surface area contributed by atoms with Crippen molar-refractivity contribution in [2.24, 2.45) is 5.92 Å². The zero-order valence-electron chi connectivity index (χ0n) is 19.7. The van der Waals surface area contributed by atoms with Crippen LogP contribution in [0.5, 0.6) is 0 Å². The van der Waals surface area contributed by atoms with Crippen LogP contribution < -0.4 is 15.8 Å². The Kier molecular flexibility index (Phi) is 6.48. The fourth-order valence-corrected chi connectivity index (χ4v) is 4.64. The summed E-state index contributed by atoms with van der Waals surface area (Å²) in [4.78, 5) is 31.4. The molecule has 2 aromatic heterocycles. The summed E-state index contributed by atoms with van der Waals surface area (Å²) in [6.07, 6.45) is -2.64. The van der Waals surface area contributed by atoms with E-state index in [1.165, 1.54) is 10.5 Å². The van der Waals surface area contributed by atoms with Crippen LogP contribution >= 0.6 is 0 Å². The van der Waals surface area contributed by atoms with E-state index in [4.69, 9.17) is 4.98 Å². The highest BCUT2D eigenvalue weighted by Crippen LogP contribution is 2.35. The average molecular weight is 489 g/mol. The van der Waals surface area contributed by atoms with Crippen LogP contribution in [-0.4, -0.2) is 39.7 Å². The van der Waals surface area contributed by atoms with Crippen LogP contribution in [0.25, 0.3) is 5.65 Å². The molecule has 0 spiro atoms. The molecular weight excluding hydrogens is 461 g/mol. The molecule has 186 valence electrons. The number of pyridine rings is 1. The first-order valence-electron chi connectivity index (χ1n) is 11.4. The van der Waals surface area contributed by atoms with Gasteiger partial charge < -0.3 is 15.3 Å². The van der Waals surface area contributed by atoms with E-state index in [9.17, 15) is 27.9 Å². The SMILES string of the molecule is Cc1cc([C@@H](C)Nc2ccccc2C(=O)O)c2nc(N3CCC(C(F)(F)F)CC3)c(C)c(=O)n2c1. The van der Waals surface area contributed by atoms with Crippen LogP contribution in [0, 0.1) is 19.8 Å². The number of alkyl halides is 3. The van der Waals surface area contributed by atoms with Gasteiger partial charge in [-0.15, -0.1) is 0 Å². The van der Waals surface area contributed by atoms with Gasteiger partial charge in [0.25, 0.3) is 5.56 Å². The van der Waals surface area contributed by atoms with Crippen molar-refractivity contribution in [2.75, 3.05) is 23.3 Å². The van der Waals surface area contributed by atoms with E-state index in [1.807, 2.05) is 19.9 Å². The summed E-state index contributed by atoms with van der Waals surface area (Å²) >= 11 is 0. The van der Waals surface area contributed by atoms with Crippen molar-refractivity contribution in [2.45, 2.75) is 45.8 Å². The van der Waals surface area contributed by atoms with Crippen LogP contribution in [0.2, 0.25) is 0 Å². The Morgan fingerprint density at radius 2 is 1.86 bits per heavy atom. The standard InChI is InChI=1S/C25H27F3N4O3/c1-14-12-19(16(3)29-20-7-5-4-6-18(20)24(34)35)22-30-21(15(2)23(33)32(22)13-14)31-10-8-17(9-11-31)25(26,27)28/h4-7,12-13,16-17,29H,8-11H2,1-3H3,(H,34,35)/t16-/m1/s1. The number of piperidine rings is 1. The number of anilines is 2. The predicted octanol–water partition coefficient (Wildman–Crippen LogP) is 4.96. The maximum Gasteiger partial charge on any atom is 0.391 e. The van der Waals surface area contributed by atoms with Gasteiger partial charge in [0.15, 0.2) is 0 Å². The number of aryl methyl sites for hydroxylation is 1. The first-order valence-corrected chi connectivity index (χ1v) is 11.4. The van der Waals surface area contributed by atoms with Gasteiger partial charge in [-0.2, -0.15) is 13.2 Å². The van der Waals surface area contributed by atoms with Crippen molar-refractivity contribution in [3.63, 3.8) is 0 Å². The Bertz CT molecular complexity index is 1330. The number of hydrogen-bond acceptors (Lipinski definition) is 5. The second kappa shape index (κ2) is 9.24. The molecule has 1 atom stereocenters. The minimum absolute atomic E-state index is 0.0469. The maximum absolute atomic E-state index is 13.3. The molecule has 1 aliphatic heterocycles. The number of nitrogens with zero attached hydrogens (tertiary/aromatic N) is 3. The molecule has 0 radical (unpaired) electrons. The monoisotopic (exact) mass is 488 g/mol. The summed E-state index contributed by atoms with van der Waals surface area (Å²) in [5.41, 5.74) is 2.50. The quantitative estimate of drug-likeness (QED) is 0.528. The van der Waals surface area contributed by atoms with E-state index in [2.05, 4.69) is 5.32 Å². The molecule has 0 saturated carbocycles. The van der Waals surface area contributed by atoms with Crippen LogP contribution in [0.1, 0.15) is 52.9 Å². The predicted molar refractivity (Wildman–Crippen MR) is 127 cm³/mol. The lowest BCUT2D eigenvalue weighted by Gasteiger charge is -2.34.